The fourth-order valence-corrected chi connectivity index (χ4v) is 2.66. The molecule has 0 fully saturated rings. The van der Waals surface area contributed by atoms with Crippen molar-refractivity contribution in [2.24, 2.45) is 0 Å². The molecule has 0 aromatic carbocycles. The maximum atomic E-state index is 11.8. The van der Waals surface area contributed by atoms with Gasteiger partial charge in [0.25, 0.3) is 10.2 Å². The maximum absolute atomic E-state index is 11.8. The summed E-state index contributed by atoms with van der Waals surface area (Å²) in [6, 6.07) is 0. The molecule has 0 aromatic heterocycles. The normalized spacial score (nSPS) is 15.1. The third-order valence-electron chi connectivity index (χ3n) is 1.95. The van der Waals surface area contributed by atoms with E-state index >= 15 is 0 Å². The van der Waals surface area contributed by atoms with Crippen molar-refractivity contribution in [3.05, 3.63) is 0 Å². The Kier molecular flexibility index (Phi) is 5.58. The lowest BCUT2D eigenvalue weighted by Gasteiger charge is -2.26. The topological polar surface area (TPSA) is 60.9 Å². The Hall–Kier alpha value is -0.170. The van der Waals surface area contributed by atoms with E-state index in [0.717, 1.165) is 0 Å². The fraction of sp³-hybridized carbons (Fsp3) is 1.00. The summed E-state index contributed by atoms with van der Waals surface area (Å²) in [5.41, 5.74) is 0. The molecule has 0 heterocycles. The summed E-state index contributed by atoms with van der Waals surface area (Å²) in [6.07, 6.45) is -0.648. The second kappa shape index (κ2) is 5.65. The van der Waals surface area contributed by atoms with Crippen LogP contribution in [-0.2, 0) is 10.2 Å². The first-order chi connectivity index (χ1) is 6.36. The minimum Gasteiger partial charge on any atom is -0.392 e. The molecule has 0 radical (unpaired) electrons. The third kappa shape index (κ3) is 3.53. The van der Waals surface area contributed by atoms with Crippen molar-refractivity contribution in [2.75, 3.05) is 26.7 Å². The second-order valence-corrected chi connectivity index (χ2v) is 5.26. The van der Waals surface area contributed by atoms with Gasteiger partial charge in [-0.05, 0) is 6.92 Å². The summed E-state index contributed by atoms with van der Waals surface area (Å²) in [4.78, 5) is 0. The minimum atomic E-state index is -3.39. The van der Waals surface area contributed by atoms with Crippen LogP contribution in [0.5, 0.6) is 0 Å². The van der Waals surface area contributed by atoms with E-state index in [0.29, 0.717) is 13.1 Å². The van der Waals surface area contributed by atoms with E-state index in [9.17, 15) is 8.42 Å². The highest BCUT2D eigenvalue weighted by Crippen LogP contribution is 2.06. The van der Waals surface area contributed by atoms with Crippen molar-refractivity contribution in [3.63, 3.8) is 0 Å². The van der Waals surface area contributed by atoms with Crippen LogP contribution in [0, 0.1) is 0 Å². The van der Waals surface area contributed by atoms with Crippen LogP contribution in [-0.4, -0.2) is 54.9 Å². The number of rotatable bonds is 6. The molecule has 0 aliphatic rings. The molecule has 1 atom stereocenters. The van der Waals surface area contributed by atoms with Crippen LogP contribution >= 0.6 is 0 Å². The van der Waals surface area contributed by atoms with Crippen molar-refractivity contribution < 1.29 is 13.5 Å². The van der Waals surface area contributed by atoms with Gasteiger partial charge in [0, 0.05) is 26.7 Å². The molecule has 0 aliphatic carbocycles. The number of hydrogen-bond acceptors (Lipinski definition) is 3. The summed E-state index contributed by atoms with van der Waals surface area (Å²) >= 11 is 0. The quantitative estimate of drug-likeness (QED) is 0.684. The van der Waals surface area contributed by atoms with Crippen molar-refractivity contribution in [1.82, 2.24) is 8.61 Å². The van der Waals surface area contributed by atoms with Gasteiger partial charge in [0.15, 0.2) is 0 Å². The predicted molar refractivity (Wildman–Crippen MR) is 56.2 cm³/mol. The molecule has 0 saturated carbocycles. The smallest absolute Gasteiger partial charge is 0.281 e. The van der Waals surface area contributed by atoms with Crippen LogP contribution in [0.25, 0.3) is 0 Å². The van der Waals surface area contributed by atoms with E-state index in [1.807, 2.05) is 0 Å². The Morgan fingerprint density at radius 2 is 1.71 bits per heavy atom. The highest BCUT2D eigenvalue weighted by Gasteiger charge is 2.24. The standard InChI is InChI=1S/C8H20N2O3S/c1-5-10(6-2)14(12,13)9(4)7-8(3)11/h8,11H,5-7H2,1-4H3. The molecule has 0 aromatic rings. The minimum absolute atomic E-state index is 0.124. The zero-order valence-corrected chi connectivity index (χ0v) is 10.1. The maximum Gasteiger partial charge on any atom is 0.281 e. The van der Waals surface area contributed by atoms with E-state index in [2.05, 4.69) is 0 Å². The number of hydrogen-bond donors (Lipinski definition) is 1. The van der Waals surface area contributed by atoms with Crippen LogP contribution in [0.3, 0.4) is 0 Å². The lowest BCUT2D eigenvalue weighted by molar-refractivity contribution is 0.168. The van der Waals surface area contributed by atoms with Crippen LogP contribution in [0.1, 0.15) is 20.8 Å². The molecule has 5 nitrogen and oxygen atoms in total. The van der Waals surface area contributed by atoms with Gasteiger partial charge in [-0.3, -0.25) is 0 Å². The summed E-state index contributed by atoms with van der Waals surface area (Å²) in [6.45, 7) is 6.16. The van der Waals surface area contributed by atoms with Gasteiger partial charge < -0.3 is 5.11 Å². The second-order valence-electron chi connectivity index (χ2n) is 3.22. The summed E-state index contributed by atoms with van der Waals surface area (Å²) in [5, 5.41) is 9.09. The highest BCUT2D eigenvalue weighted by atomic mass is 32.2. The molecular formula is C8H20N2O3S. The van der Waals surface area contributed by atoms with Gasteiger partial charge >= 0.3 is 0 Å². The highest BCUT2D eigenvalue weighted by molar-refractivity contribution is 7.86. The predicted octanol–water partition coefficient (Wildman–Crippen LogP) is -0.114. The Balaban J connectivity index is 4.59. The van der Waals surface area contributed by atoms with Crippen molar-refractivity contribution in [2.45, 2.75) is 26.9 Å². The van der Waals surface area contributed by atoms with Crippen molar-refractivity contribution in [3.8, 4) is 0 Å². The van der Waals surface area contributed by atoms with E-state index < -0.39 is 16.3 Å². The zero-order valence-electron chi connectivity index (χ0n) is 9.27. The number of aliphatic hydroxyl groups is 1. The van der Waals surface area contributed by atoms with Crippen LogP contribution in [0.4, 0.5) is 0 Å². The molecule has 1 unspecified atom stereocenters. The SMILES string of the molecule is CCN(CC)S(=O)(=O)N(C)CC(C)O. The van der Waals surface area contributed by atoms with Gasteiger partial charge in [-0.15, -0.1) is 0 Å². The summed E-state index contributed by atoms with van der Waals surface area (Å²) in [5.74, 6) is 0. The summed E-state index contributed by atoms with van der Waals surface area (Å²) < 4.78 is 26.1. The molecule has 0 saturated heterocycles. The Labute approximate surface area is 86.5 Å². The van der Waals surface area contributed by atoms with Crippen LogP contribution < -0.4 is 0 Å². The van der Waals surface area contributed by atoms with Gasteiger partial charge in [-0.2, -0.15) is 17.0 Å². The molecular weight excluding hydrogens is 204 g/mol. The molecule has 0 amide bonds. The largest absolute Gasteiger partial charge is 0.392 e. The molecule has 0 bridgehead atoms. The molecule has 0 rings (SSSR count). The lowest BCUT2D eigenvalue weighted by Crippen LogP contribution is -2.44. The van der Waals surface area contributed by atoms with E-state index in [4.69, 9.17) is 5.11 Å². The fourth-order valence-electron chi connectivity index (χ4n) is 1.21. The Morgan fingerprint density at radius 3 is 2.00 bits per heavy atom. The Bertz CT molecular complexity index is 247. The number of nitrogens with zero attached hydrogens (tertiary/aromatic N) is 2. The summed E-state index contributed by atoms with van der Waals surface area (Å²) in [7, 11) is -1.92. The Morgan fingerprint density at radius 1 is 1.29 bits per heavy atom. The molecule has 86 valence electrons. The van der Waals surface area contributed by atoms with Crippen LogP contribution in [0.15, 0.2) is 0 Å². The van der Waals surface area contributed by atoms with Gasteiger partial charge in [0.2, 0.25) is 0 Å². The molecule has 6 heteroatoms. The van der Waals surface area contributed by atoms with Gasteiger partial charge in [0.1, 0.15) is 0 Å². The monoisotopic (exact) mass is 224 g/mol. The number of aliphatic hydroxyl groups excluding tert-OH is 1. The van der Waals surface area contributed by atoms with E-state index in [1.165, 1.54) is 15.7 Å². The molecule has 14 heavy (non-hydrogen) atoms. The van der Waals surface area contributed by atoms with Gasteiger partial charge in [-0.25, -0.2) is 0 Å². The molecule has 0 spiro atoms. The van der Waals surface area contributed by atoms with E-state index in [-0.39, 0.29) is 6.54 Å². The third-order valence-corrected chi connectivity index (χ3v) is 4.05. The zero-order chi connectivity index (χ0) is 11.4. The van der Waals surface area contributed by atoms with Crippen molar-refractivity contribution in [1.29, 1.82) is 0 Å². The lowest BCUT2D eigenvalue weighted by atomic mass is 10.4. The first-order valence-corrected chi connectivity index (χ1v) is 6.15. The van der Waals surface area contributed by atoms with Gasteiger partial charge in [0.05, 0.1) is 6.10 Å². The average Bonchev–Trinajstić information content (AvgIpc) is 2.04. The van der Waals surface area contributed by atoms with Crippen LogP contribution in [0.2, 0.25) is 0 Å². The molecule has 1 N–H and O–H groups in total. The average molecular weight is 224 g/mol. The van der Waals surface area contributed by atoms with Gasteiger partial charge in [-0.1, -0.05) is 13.8 Å². The van der Waals surface area contributed by atoms with E-state index in [1.54, 1.807) is 20.8 Å². The first kappa shape index (κ1) is 13.8. The number of likely N-dealkylation sites (N-methyl/N-ethyl adjacent to an activating group) is 1. The molecule has 0 aliphatic heterocycles. The van der Waals surface area contributed by atoms with Crippen molar-refractivity contribution >= 4 is 10.2 Å². The first-order valence-electron chi connectivity index (χ1n) is 4.75.